The van der Waals surface area contributed by atoms with Crippen LogP contribution in [-0.2, 0) is 15.6 Å². The van der Waals surface area contributed by atoms with Crippen LogP contribution in [-0.4, -0.2) is 42.4 Å². The highest BCUT2D eigenvalue weighted by Crippen LogP contribution is 2.35. The van der Waals surface area contributed by atoms with E-state index in [0.29, 0.717) is 16.1 Å². The van der Waals surface area contributed by atoms with Crippen LogP contribution in [0, 0.1) is 5.82 Å². The van der Waals surface area contributed by atoms with Crippen molar-refractivity contribution in [1.82, 2.24) is 9.29 Å². The van der Waals surface area contributed by atoms with Gasteiger partial charge in [-0.1, -0.05) is 11.6 Å². The smallest absolute Gasteiger partial charge is 0.311 e. The summed E-state index contributed by atoms with van der Waals surface area (Å²) in [5.74, 6) is -2.31. The van der Waals surface area contributed by atoms with Crippen molar-refractivity contribution >= 4 is 50.3 Å². The predicted octanol–water partition coefficient (Wildman–Crippen LogP) is 2.68. The van der Waals surface area contributed by atoms with Crippen molar-refractivity contribution in [3.8, 4) is 0 Å². The molecular weight excluding hydrogens is 449 g/mol. The summed E-state index contributed by atoms with van der Waals surface area (Å²) in [5.41, 5.74) is 5.21. The summed E-state index contributed by atoms with van der Waals surface area (Å²) in [7, 11) is -2.52. The second-order valence-electron chi connectivity index (χ2n) is 7.25. The summed E-state index contributed by atoms with van der Waals surface area (Å²) >= 11 is 5.91. The number of halogens is 2. The average molecular weight is 466 g/mol. The van der Waals surface area contributed by atoms with Crippen molar-refractivity contribution in [1.29, 1.82) is 0 Å². The van der Waals surface area contributed by atoms with Gasteiger partial charge >= 0.3 is 5.91 Å². The zero-order chi connectivity index (χ0) is 22.6. The van der Waals surface area contributed by atoms with Gasteiger partial charge in [0.2, 0.25) is 16.0 Å². The van der Waals surface area contributed by atoms with Crippen LogP contribution in [0.3, 0.4) is 0 Å². The van der Waals surface area contributed by atoms with Crippen molar-refractivity contribution in [3.63, 3.8) is 0 Å². The molecular formula is C19H17ClFN5O4S. The van der Waals surface area contributed by atoms with E-state index in [1.165, 1.54) is 32.2 Å². The molecule has 12 heteroatoms. The number of rotatable bonds is 3. The summed E-state index contributed by atoms with van der Waals surface area (Å²) in [6, 6.07) is 8.50. The lowest BCUT2D eigenvalue weighted by atomic mass is 9.93. The molecule has 2 heterocycles. The van der Waals surface area contributed by atoms with Crippen molar-refractivity contribution in [2.75, 3.05) is 18.1 Å². The zero-order valence-corrected chi connectivity index (χ0v) is 18.0. The van der Waals surface area contributed by atoms with Gasteiger partial charge < -0.3 is 15.5 Å². The molecule has 162 valence electrons. The third-order valence-corrected chi connectivity index (χ3v) is 7.10. The van der Waals surface area contributed by atoms with Crippen LogP contribution < -0.4 is 11.1 Å². The van der Waals surface area contributed by atoms with E-state index in [2.05, 4.69) is 15.3 Å². The van der Waals surface area contributed by atoms with E-state index in [1.807, 2.05) is 0 Å². The number of oxazole rings is 1. The largest absolute Gasteiger partial charge is 0.432 e. The molecule has 0 fully saturated rings. The Hall–Kier alpha value is -3.18. The highest BCUT2D eigenvalue weighted by molar-refractivity contribution is 7.89. The van der Waals surface area contributed by atoms with Gasteiger partial charge in [-0.2, -0.15) is 0 Å². The molecule has 0 saturated carbocycles. The quantitative estimate of drug-likeness (QED) is 0.611. The summed E-state index contributed by atoms with van der Waals surface area (Å²) < 4.78 is 45.7. The maximum Gasteiger partial charge on any atom is 0.311 e. The lowest BCUT2D eigenvalue weighted by Gasteiger charge is -2.34. The number of anilines is 1. The Bertz CT molecular complexity index is 1360. The number of amides is 1. The zero-order valence-electron chi connectivity index (χ0n) is 16.4. The van der Waals surface area contributed by atoms with E-state index >= 15 is 0 Å². The SMILES string of the molecule is CN1C(N)=N[C@](C)(c2cc(NC(=O)c3nc4ccc(Cl)cc4o3)ccc2F)CS1(=O)=O. The standard InChI is InChI=1S/C19H17ClFN5O4S/c1-19(9-31(28,29)26(2)18(22)25-19)12-8-11(4-5-13(12)21)23-16(27)17-24-14-6-3-10(20)7-15(14)30-17/h3-8H,9H2,1-2H3,(H2,22,25)(H,23,27)/t19-/m0/s1. The molecule has 3 aromatic rings. The fraction of sp³-hybridized carbons (Fsp3) is 0.211. The molecule has 2 aromatic carbocycles. The van der Waals surface area contributed by atoms with Gasteiger partial charge in [-0.05, 0) is 37.3 Å². The van der Waals surface area contributed by atoms with Gasteiger partial charge in [0.15, 0.2) is 5.58 Å². The first kappa shape index (κ1) is 21.1. The van der Waals surface area contributed by atoms with Crippen molar-refractivity contribution < 1.29 is 22.0 Å². The highest BCUT2D eigenvalue weighted by atomic mass is 35.5. The van der Waals surface area contributed by atoms with Gasteiger partial charge in [0, 0.05) is 29.4 Å². The maximum absolute atomic E-state index is 14.6. The highest BCUT2D eigenvalue weighted by Gasteiger charge is 2.41. The minimum absolute atomic E-state index is 0.0331. The monoisotopic (exact) mass is 465 g/mol. The number of carbonyl (C=O) groups is 1. The van der Waals surface area contributed by atoms with Crippen LogP contribution >= 0.6 is 11.6 Å². The lowest BCUT2D eigenvalue weighted by molar-refractivity contribution is 0.0992. The Labute approximate surface area is 181 Å². The lowest BCUT2D eigenvalue weighted by Crippen LogP contribution is -2.50. The third-order valence-electron chi connectivity index (χ3n) is 4.91. The Balaban J connectivity index is 1.67. The Morgan fingerprint density at radius 1 is 1.32 bits per heavy atom. The van der Waals surface area contributed by atoms with E-state index in [0.717, 1.165) is 10.4 Å². The number of sulfonamides is 1. The number of nitrogens with one attached hydrogen (secondary N) is 1. The van der Waals surface area contributed by atoms with E-state index < -0.39 is 33.0 Å². The number of hydrogen-bond donors (Lipinski definition) is 2. The number of aliphatic imine (C=N–C) groups is 1. The van der Waals surface area contributed by atoms with Crippen LogP contribution in [0.5, 0.6) is 0 Å². The number of nitrogens with zero attached hydrogens (tertiary/aromatic N) is 3. The van der Waals surface area contributed by atoms with Gasteiger partial charge in [0.25, 0.3) is 5.89 Å². The first-order valence-electron chi connectivity index (χ1n) is 8.98. The molecule has 0 saturated heterocycles. The second kappa shape index (κ2) is 7.20. The Morgan fingerprint density at radius 2 is 2.06 bits per heavy atom. The first-order chi connectivity index (χ1) is 14.5. The molecule has 9 nitrogen and oxygen atoms in total. The van der Waals surface area contributed by atoms with E-state index in [1.54, 1.807) is 12.1 Å². The molecule has 0 aliphatic carbocycles. The molecule has 3 N–H and O–H groups in total. The number of hydrogen-bond acceptors (Lipinski definition) is 7. The van der Waals surface area contributed by atoms with Gasteiger partial charge in [-0.25, -0.2) is 27.1 Å². The van der Waals surface area contributed by atoms with E-state index in [-0.39, 0.29) is 23.1 Å². The summed E-state index contributed by atoms with van der Waals surface area (Å²) in [6.45, 7) is 1.46. The van der Waals surface area contributed by atoms with Crippen LogP contribution in [0.2, 0.25) is 5.02 Å². The van der Waals surface area contributed by atoms with Crippen LogP contribution in [0.15, 0.2) is 45.8 Å². The Kier molecular flexibility index (Phi) is 4.90. The summed E-state index contributed by atoms with van der Waals surface area (Å²) in [4.78, 5) is 20.9. The molecule has 0 bridgehead atoms. The molecule has 1 aliphatic heterocycles. The molecule has 1 amide bonds. The Morgan fingerprint density at radius 3 is 2.77 bits per heavy atom. The van der Waals surface area contributed by atoms with Crippen LogP contribution in [0.4, 0.5) is 10.1 Å². The number of guanidine groups is 1. The number of nitrogens with two attached hydrogens (primary N) is 1. The maximum atomic E-state index is 14.6. The summed E-state index contributed by atoms with van der Waals surface area (Å²) in [5, 5.41) is 2.99. The predicted molar refractivity (Wildman–Crippen MR) is 114 cm³/mol. The normalized spacial score (nSPS) is 20.5. The number of carbonyl (C=O) groups excluding carboxylic acids is 1. The molecule has 0 radical (unpaired) electrons. The van der Waals surface area contributed by atoms with Gasteiger partial charge in [0.1, 0.15) is 16.9 Å². The van der Waals surface area contributed by atoms with Crippen molar-refractivity contribution in [2.24, 2.45) is 10.7 Å². The first-order valence-corrected chi connectivity index (χ1v) is 11.0. The van der Waals surface area contributed by atoms with Crippen LogP contribution in [0.1, 0.15) is 23.2 Å². The fourth-order valence-corrected chi connectivity index (χ4v) is 4.90. The number of aromatic nitrogens is 1. The minimum Gasteiger partial charge on any atom is -0.432 e. The molecule has 1 aliphatic rings. The fourth-order valence-electron chi connectivity index (χ4n) is 3.28. The van der Waals surface area contributed by atoms with Crippen LogP contribution in [0.25, 0.3) is 11.1 Å². The van der Waals surface area contributed by atoms with E-state index in [9.17, 15) is 17.6 Å². The molecule has 31 heavy (non-hydrogen) atoms. The van der Waals surface area contributed by atoms with E-state index in [4.69, 9.17) is 21.8 Å². The topological polar surface area (TPSA) is 131 Å². The molecule has 4 rings (SSSR count). The third kappa shape index (κ3) is 3.81. The summed E-state index contributed by atoms with van der Waals surface area (Å²) in [6.07, 6.45) is 0. The van der Waals surface area contributed by atoms with Gasteiger partial charge in [-0.3, -0.25) is 4.79 Å². The average Bonchev–Trinajstić information content (AvgIpc) is 3.10. The minimum atomic E-state index is -3.79. The number of benzene rings is 2. The molecule has 1 aromatic heterocycles. The van der Waals surface area contributed by atoms with Gasteiger partial charge in [-0.15, -0.1) is 0 Å². The van der Waals surface area contributed by atoms with Crippen molar-refractivity contribution in [2.45, 2.75) is 12.5 Å². The number of fused-ring (bicyclic) bond motifs is 1. The molecule has 1 atom stereocenters. The molecule has 0 unspecified atom stereocenters. The van der Waals surface area contributed by atoms with Crippen molar-refractivity contribution in [3.05, 3.63) is 58.7 Å². The van der Waals surface area contributed by atoms with Gasteiger partial charge in [0.05, 0.1) is 5.75 Å². The molecule has 0 spiro atoms. The second-order valence-corrected chi connectivity index (χ2v) is 9.68.